The summed E-state index contributed by atoms with van der Waals surface area (Å²) in [5, 5.41) is 11.5. The number of aryl methyl sites for hydroxylation is 1. The summed E-state index contributed by atoms with van der Waals surface area (Å²) in [5.41, 5.74) is 0.487. The fraction of sp³-hybridized carbons (Fsp3) is 0.500. The first-order valence-corrected chi connectivity index (χ1v) is 4.04. The molecule has 0 aromatic carbocycles. The van der Waals surface area contributed by atoms with Crippen molar-refractivity contribution in [1.82, 2.24) is 14.9 Å². The third kappa shape index (κ3) is 2.55. The highest BCUT2D eigenvalue weighted by atomic mass is 16.3. The number of hydrogen-bond donors (Lipinski definition) is 2. The summed E-state index contributed by atoms with van der Waals surface area (Å²) >= 11 is 0. The Balaban J connectivity index is 2.54. The van der Waals surface area contributed by atoms with Crippen molar-refractivity contribution in [2.45, 2.75) is 13.0 Å². The zero-order chi connectivity index (χ0) is 9.84. The lowest BCUT2D eigenvalue weighted by molar-refractivity contribution is 0.0916. The Bertz CT molecular complexity index is 293. The molecule has 13 heavy (non-hydrogen) atoms. The van der Waals surface area contributed by atoms with Crippen molar-refractivity contribution < 1.29 is 9.90 Å². The molecule has 1 rings (SSSR count). The van der Waals surface area contributed by atoms with Crippen LogP contribution in [0.4, 0.5) is 0 Å². The van der Waals surface area contributed by atoms with Gasteiger partial charge >= 0.3 is 0 Å². The van der Waals surface area contributed by atoms with Gasteiger partial charge in [0.25, 0.3) is 5.91 Å². The lowest BCUT2D eigenvalue weighted by atomic mass is 10.3. The Morgan fingerprint density at radius 1 is 1.85 bits per heavy atom. The molecule has 0 aliphatic carbocycles. The smallest absolute Gasteiger partial charge is 0.269 e. The fourth-order valence-electron chi connectivity index (χ4n) is 0.907. The number of carbonyl (C=O) groups excluding carboxylic acids is 1. The van der Waals surface area contributed by atoms with Gasteiger partial charge in [-0.05, 0) is 6.92 Å². The highest BCUT2D eigenvalue weighted by Crippen LogP contribution is 1.95. The van der Waals surface area contributed by atoms with Crippen LogP contribution in [0.1, 0.15) is 17.4 Å². The molecule has 5 heteroatoms. The maximum atomic E-state index is 11.3. The van der Waals surface area contributed by atoms with Gasteiger partial charge in [0.15, 0.2) is 0 Å². The molecule has 1 heterocycles. The molecule has 1 atom stereocenters. The molecular weight excluding hydrogens is 170 g/mol. The van der Waals surface area contributed by atoms with Crippen LogP contribution >= 0.6 is 0 Å². The molecular formula is C8H13N3O2. The minimum Gasteiger partial charge on any atom is -0.392 e. The van der Waals surface area contributed by atoms with Gasteiger partial charge in [0.2, 0.25) is 0 Å². The van der Waals surface area contributed by atoms with Gasteiger partial charge in [-0.3, -0.25) is 4.79 Å². The molecule has 0 saturated carbocycles. The number of aliphatic hydroxyl groups excluding tert-OH is 1. The van der Waals surface area contributed by atoms with Crippen molar-refractivity contribution >= 4 is 5.91 Å². The monoisotopic (exact) mass is 183 g/mol. The topological polar surface area (TPSA) is 67.2 Å². The number of rotatable bonds is 3. The van der Waals surface area contributed by atoms with Crippen molar-refractivity contribution in [3.63, 3.8) is 0 Å². The highest BCUT2D eigenvalue weighted by Gasteiger charge is 2.09. The summed E-state index contributed by atoms with van der Waals surface area (Å²) in [6.45, 7) is 1.87. The average Bonchev–Trinajstić information content (AvgIpc) is 2.47. The molecule has 1 amide bonds. The van der Waals surface area contributed by atoms with E-state index in [2.05, 4.69) is 10.3 Å². The lowest BCUT2D eigenvalue weighted by Crippen LogP contribution is -2.31. The van der Waals surface area contributed by atoms with Gasteiger partial charge in [-0.25, -0.2) is 4.98 Å². The van der Waals surface area contributed by atoms with Gasteiger partial charge < -0.3 is 15.0 Å². The summed E-state index contributed by atoms with van der Waals surface area (Å²) in [6.07, 6.45) is 2.51. The van der Waals surface area contributed by atoms with Gasteiger partial charge in [-0.15, -0.1) is 0 Å². The lowest BCUT2D eigenvalue weighted by Gasteiger charge is -2.06. The number of nitrogens with one attached hydrogen (secondary N) is 1. The SMILES string of the molecule is C[C@H](O)CNC(=O)c1cncn1C. The molecule has 0 radical (unpaired) electrons. The van der Waals surface area contributed by atoms with Crippen LogP contribution in [-0.4, -0.2) is 33.2 Å². The van der Waals surface area contributed by atoms with Gasteiger partial charge in [-0.1, -0.05) is 0 Å². The standard InChI is InChI=1S/C8H13N3O2/c1-6(12)3-10-8(13)7-4-9-5-11(7)2/h4-6,12H,3H2,1-2H3,(H,10,13)/t6-/m0/s1. The summed E-state index contributed by atoms with van der Waals surface area (Å²) in [7, 11) is 1.74. The molecule has 0 unspecified atom stereocenters. The van der Waals surface area contributed by atoms with E-state index in [9.17, 15) is 4.79 Å². The highest BCUT2D eigenvalue weighted by molar-refractivity contribution is 5.92. The second-order valence-electron chi connectivity index (χ2n) is 2.95. The van der Waals surface area contributed by atoms with Crippen molar-refractivity contribution in [3.8, 4) is 0 Å². The van der Waals surface area contributed by atoms with E-state index in [-0.39, 0.29) is 12.5 Å². The summed E-state index contributed by atoms with van der Waals surface area (Å²) in [5.74, 6) is -0.221. The number of nitrogens with zero attached hydrogens (tertiary/aromatic N) is 2. The summed E-state index contributed by atoms with van der Waals surface area (Å²) in [4.78, 5) is 15.2. The van der Waals surface area contributed by atoms with E-state index in [0.717, 1.165) is 0 Å². The Morgan fingerprint density at radius 3 is 3.00 bits per heavy atom. The average molecular weight is 183 g/mol. The largest absolute Gasteiger partial charge is 0.392 e. The first kappa shape index (κ1) is 9.73. The predicted molar refractivity (Wildman–Crippen MR) is 47.2 cm³/mol. The van der Waals surface area contributed by atoms with E-state index < -0.39 is 6.10 Å². The molecule has 0 saturated heterocycles. The zero-order valence-electron chi connectivity index (χ0n) is 7.69. The third-order valence-electron chi connectivity index (χ3n) is 1.61. The predicted octanol–water partition coefficient (Wildman–Crippen LogP) is -0.469. The van der Waals surface area contributed by atoms with Gasteiger partial charge in [-0.2, -0.15) is 0 Å². The minimum atomic E-state index is -0.530. The fourth-order valence-corrected chi connectivity index (χ4v) is 0.907. The molecule has 0 bridgehead atoms. The van der Waals surface area contributed by atoms with E-state index in [4.69, 9.17) is 5.11 Å². The van der Waals surface area contributed by atoms with E-state index in [1.807, 2.05) is 0 Å². The van der Waals surface area contributed by atoms with Crippen LogP contribution in [0.15, 0.2) is 12.5 Å². The second kappa shape index (κ2) is 4.04. The van der Waals surface area contributed by atoms with Crippen LogP contribution in [0.25, 0.3) is 0 Å². The van der Waals surface area contributed by atoms with Crippen LogP contribution in [0, 0.1) is 0 Å². The van der Waals surface area contributed by atoms with Crippen molar-refractivity contribution in [1.29, 1.82) is 0 Å². The number of aliphatic hydroxyl groups is 1. The second-order valence-corrected chi connectivity index (χ2v) is 2.95. The molecule has 5 nitrogen and oxygen atoms in total. The van der Waals surface area contributed by atoms with E-state index in [1.54, 1.807) is 24.9 Å². The molecule has 2 N–H and O–H groups in total. The molecule has 0 fully saturated rings. The Hall–Kier alpha value is -1.36. The van der Waals surface area contributed by atoms with Crippen LogP contribution in [0.3, 0.4) is 0 Å². The maximum Gasteiger partial charge on any atom is 0.269 e. The number of aromatic nitrogens is 2. The molecule has 1 aromatic rings. The van der Waals surface area contributed by atoms with Crippen molar-refractivity contribution in [2.24, 2.45) is 7.05 Å². The molecule has 0 spiro atoms. The van der Waals surface area contributed by atoms with Crippen LogP contribution in [0.5, 0.6) is 0 Å². The molecule has 72 valence electrons. The Kier molecular flexibility index (Phi) is 3.02. The van der Waals surface area contributed by atoms with Crippen molar-refractivity contribution in [2.75, 3.05) is 6.54 Å². The molecule has 0 aliphatic rings. The van der Waals surface area contributed by atoms with Gasteiger partial charge in [0, 0.05) is 13.6 Å². The Labute approximate surface area is 76.4 Å². The molecule has 1 aromatic heterocycles. The number of amides is 1. The normalized spacial score (nSPS) is 12.5. The summed E-state index contributed by atoms with van der Waals surface area (Å²) < 4.78 is 1.62. The number of carbonyl (C=O) groups is 1. The van der Waals surface area contributed by atoms with Gasteiger partial charge in [0.05, 0.1) is 18.6 Å². The first-order chi connectivity index (χ1) is 6.11. The van der Waals surface area contributed by atoms with Crippen molar-refractivity contribution in [3.05, 3.63) is 18.2 Å². The Morgan fingerprint density at radius 2 is 2.54 bits per heavy atom. The molecule has 0 aliphatic heterocycles. The number of imidazole rings is 1. The summed E-state index contributed by atoms with van der Waals surface area (Å²) in [6, 6.07) is 0. The maximum absolute atomic E-state index is 11.3. The third-order valence-corrected chi connectivity index (χ3v) is 1.61. The van der Waals surface area contributed by atoms with Crippen LogP contribution < -0.4 is 5.32 Å². The van der Waals surface area contributed by atoms with E-state index >= 15 is 0 Å². The van der Waals surface area contributed by atoms with Gasteiger partial charge in [0.1, 0.15) is 5.69 Å². The van der Waals surface area contributed by atoms with Crippen LogP contribution in [0.2, 0.25) is 0 Å². The van der Waals surface area contributed by atoms with Crippen LogP contribution in [-0.2, 0) is 7.05 Å². The number of hydrogen-bond acceptors (Lipinski definition) is 3. The minimum absolute atomic E-state index is 0.221. The first-order valence-electron chi connectivity index (χ1n) is 4.04. The zero-order valence-corrected chi connectivity index (χ0v) is 7.69. The van der Waals surface area contributed by atoms with E-state index in [1.165, 1.54) is 6.20 Å². The quantitative estimate of drug-likeness (QED) is 0.665. The van der Waals surface area contributed by atoms with E-state index in [0.29, 0.717) is 5.69 Å².